The Balaban J connectivity index is 1.53. The standard InChI is InChI=1S/C17H15N3O3S/c1-22-13-6-4-12(5-7-13)20-10-11(9-15(20)21)17-18-16(19-23-17)14-3-2-8-24-14/h2-8,11H,9-10H2,1H3/t11-/m1/s1. The minimum Gasteiger partial charge on any atom is -0.497 e. The largest absolute Gasteiger partial charge is 0.497 e. The predicted molar refractivity (Wildman–Crippen MR) is 90.3 cm³/mol. The van der Waals surface area contributed by atoms with Crippen LogP contribution in [0.15, 0.2) is 46.3 Å². The molecule has 7 heteroatoms. The number of methoxy groups -OCH3 is 1. The lowest BCUT2D eigenvalue weighted by atomic mass is 10.1. The van der Waals surface area contributed by atoms with Gasteiger partial charge in [-0.2, -0.15) is 4.98 Å². The predicted octanol–water partition coefficient (Wildman–Crippen LogP) is 3.33. The fraction of sp³-hybridized carbons (Fsp3) is 0.235. The summed E-state index contributed by atoms with van der Waals surface area (Å²) in [5.74, 6) is 1.83. The van der Waals surface area contributed by atoms with Crippen LogP contribution in [0.1, 0.15) is 18.2 Å². The van der Waals surface area contributed by atoms with Crippen LogP contribution >= 0.6 is 11.3 Å². The molecule has 1 aromatic carbocycles. The highest BCUT2D eigenvalue weighted by Gasteiger charge is 2.35. The molecule has 0 bridgehead atoms. The van der Waals surface area contributed by atoms with Gasteiger partial charge in [0.25, 0.3) is 0 Å². The second-order valence-electron chi connectivity index (χ2n) is 5.54. The smallest absolute Gasteiger partial charge is 0.232 e. The van der Waals surface area contributed by atoms with E-state index in [1.165, 1.54) is 0 Å². The van der Waals surface area contributed by atoms with E-state index < -0.39 is 0 Å². The third kappa shape index (κ3) is 2.67. The minimum atomic E-state index is -0.0826. The van der Waals surface area contributed by atoms with Gasteiger partial charge in [0.15, 0.2) is 0 Å². The molecule has 1 fully saturated rings. The third-order valence-electron chi connectivity index (χ3n) is 4.04. The average Bonchev–Trinajstić information content (AvgIpc) is 3.34. The van der Waals surface area contributed by atoms with Crippen LogP contribution in [0, 0.1) is 0 Å². The third-order valence-corrected chi connectivity index (χ3v) is 4.91. The molecule has 1 aliphatic heterocycles. The van der Waals surface area contributed by atoms with Crippen LogP contribution in [-0.2, 0) is 4.79 Å². The fourth-order valence-electron chi connectivity index (χ4n) is 2.79. The minimum absolute atomic E-state index is 0.0565. The molecule has 1 saturated heterocycles. The van der Waals surface area contributed by atoms with Crippen molar-refractivity contribution in [3.8, 4) is 16.5 Å². The van der Waals surface area contributed by atoms with E-state index in [4.69, 9.17) is 9.26 Å². The molecule has 24 heavy (non-hydrogen) atoms. The maximum absolute atomic E-state index is 12.4. The van der Waals surface area contributed by atoms with Crippen molar-refractivity contribution in [3.05, 3.63) is 47.7 Å². The number of hydrogen-bond acceptors (Lipinski definition) is 6. The number of carbonyl (C=O) groups is 1. The average molecular weight is 341 g/mol. The van der Waals surface area contributed by atoms with Crippen LogP contribution in [0.5, 0.6) is 5.75 Å². The molecule has 0 N–H and O–H groups in total. The molecule has 0 aliphatic carbocycles. The van der Waals surface area contributed by atoms with Gasteiger partial charge in [0.2, 0.25) is 17.6 Å². The molecule has 0 unspecified atom stereocenters. The maximum Gasteiger partial charge on any atom is 0.232 e. The Hall–Kier alpha value is -2.67. The van der Waals surface area contributed by atoms with E-state index >= 15 is 0 Å². The van der Waals surface area contributed by atoms with Crippen molar-refractivity contribution in [2.24, 2.45) is 0 Å². The number of thiophene rings is 1. The number of ether oxygens (including phenoxy) is 1. The van der Waals surface area contributed by atoms with Crippen molar-refractivity contribution in [1.82, 2.24) is 10.1 Å². The van der Waals surface area contributed by atoms with Crippen molar-refractivity contribution >= 4 is 22.9 Å². The first-order chi connectivity index (χ1) is 11.7. The van der Waals surface area contributed by atoms with E-state index in [2.05, 4.69) is 10.1 Å². The Morgan fingerprint density at radius 1 is 1.29 bits per heavy atom. The van der Waals surface area contributed by atoms with Gasteiger partial charge in [0, 0.05) is 18.7 Å². The van der Waals surface area contributed by atoms with Gasteiger partial charge in [-0.1, -0.05) is 11.2 Å². The number of nitrogens with zero attached hydrogens (tertiary/aromatic N) is 3. The number of benzene rings is 1. The van der Waals surface area contributed by atoms with Crippen molar-refractivity contribution in [3.63, 3.8) is 0 Å². The Morgan fingerprint density at radius 3 is 2.83 bits per heavy atom. The summed E-state index contributed by atoms with van der Waals surface area (Å²) >= 11 is 1.56. The Kier molecular flexibility index (Phi) is 3.78. The monoisotopic (exact) mass is 341 g/mol. The number of anilines is 1. The summed E-state index contributed by atoms with van der Waals surface area (Å²) in [7, 11) is 1.62. The van der Waals surface area contributed by atoms with E-state index in [1.807, 2.05) is 41.8 Å². The Morgan fingerprint density at radius 2 is 2.12 bits per heavy atom. The van der Waals surface area contributed by atoms with E-state index in [-0.39, 0.29) is 11.8 Å². The molecule has 0 saturated carbocycles. The van der Waals surface area contributed by atoms with E-state index in [1.54, 1.807) is 23.3 Å². The molecule has 0 spiro atoms. The van der Waals surface area contributed by atoms with Crippen LogP contribution < -0.4 is 9.64 Å². The summed E-state index contributed by atoms with van der Waals surface area (Å²) in [5.41, 5.74) is 0.848. The topological polar surface area (TPSA) is 68.5 Å². The molecule has 2 aromatic heterocycles. The van der Waals surface area contributed by atoms with Crippen LogP contribution in [0.3, 0.4) is 0 Å². The second kappa shape index (κ2) is 6.09. The molecule has 1 amide bonds. The molecule has 6 nitrogen and oxygen atoms in total. The van der Waals surface area contributed by atoms with Crippen LogP contribution in [0.4, 0.5) is 5.69 Å². The van der Waals surface area contributed by atoms with Crippen molar-refractivity contribution in [2.75, 3.05) is 18.6 Å². The maximum atomic E-state index is 12.4. The lowest BCUT2D eigenvalue weighted by molar-refractivity contribution is -0.117. The molecule has 1 atom stereocenters. The number of carbonyl (C=O) groups excluding carboxylic acids is 1. The summed E-state index contributed by atoms with van der Waals surface area (Å²) in [5, 5.41) is 5.99. The first-order valence-electron chi connectivity index (χ1n) is 7.56. The van der Waals surface area contributed by atoms with E-state index in [0.717, 1.165) is 16.3 Å². The molecular formula is C17H15N3O3S. The summed E-state index contributed by atoms with van der Waals surface area (Å²) in [4.78, 5) is 19.5. The zero-order valence-electron chi connectivity index (χ0n) is 13.0. The molecule has 3 heterocycles. The second-order valence-corrected chi connectivity index (χ2v) is 6.48. The zero-order chi connectivity index (χ0) is 16.5. The van der Waals surface area contributed by atoms with Crippen molar-refractivity contribution in [1.29, 1.82) is 0 Å². The molecule has 4 rings (SSSR count). The van der Waals surface area contributed by atoms with Crippen LogP contribution in [-0.4, -0.2) is 29.7 Å². The highest BCUT2D eigenvalue weighted by molar-refractivity contribution is 7.13. The van der Waals surface area contributed by atoms with Gasteiger partial charge >= 0.3 is 0 Å². The number of amides is 1. The number of aromatic nitrogens is 2. The molecule has 1 aliphatic rings. The van der Waals surface area contributed by atoms with E-state index in [0.29, 0.717) is 24.7 Å². The van der Waals surface area contributed by atoms with Gasteiger partial charge in [0.05, 0.1) is 17.9 Å². The molecule has 122 valence electrons. The van der Waals surface area contributed by atoms with E-state index in [9.17, 15) is 4.79 Å². The van der Waals surface area contributed by atoms with Gasteiger partial charge < -0.3 is 14.2 Å². The molecule has 3 aromatic rings. The first-order valence-corrected chi connectivity index (χ1v) is 8.44. The number of rotatable bonds is 4. The SMILES string of the molecule is COc1ccc(N2C[C@H](c3nc(-c4cccs4)no3)CC2=O)cc1. The summed E-state index contributed by atoms with van der Waals surface area (Å²) in [6.45, 7) is 0.539. The fourth-order valence-corrected chi connectivity index (χ4v) is 3.44. The lowest BCUT2D eigenvalue weighted by Gasteiger charge is -2.16. The van der Waals surface area contributed by atoms with Gasteiger partial charge in [-0.15, -0.1) is 11.3 Å². The van der Waals surface area contributed by atoms with Crippen LogP contribution in [0.25, 0.3) is 10.7 Å². The summed E-state index contributed by atoms with van der Waals surface area (Å²) < 4.78 is 10.5. The van der Waals surface area contributed by atoms with Gasteiger partial charge in [-0.3, -0.25) is 4.79 Å². The van der Waals surface area contributed by atoms with Crippen LogP contribution in [0.2, 0.25) is 0 Å². The summed E-state index contributed by atoms with van der Waals surface area (Å²) in [6.07, 6.45) is 0.373. The van der Waals surface area contributed by atoms with Gasteiger partial charge in [-0.05, 0) is 35.7 Å². The molecule has 0 radical (unpaired) electrons. The highest BCUT2D eigenvalue weighted by atomic mass is 32.1. The van der Waals surface area contributed by atoms with Crippen molar-refractivity contribution in [2.45, 2.75) is 12.3 Å². The normalized spacial score (nSPS) is 17.5. The first kappa shape index (κ1) is 14.9. The Bertz CT molecular complexity index is 842. The molecular weight excluding hydrogens is 326 g/mol. The van der Waals surface area contributed by atoms with Crippen molar-refractivity contribution < 1.29 is 14.1 Å². The van der Waals surface area contributed by atoms with Gasteiger partial charge in [-0.25, -0.2) is 0 Å². The summed E-state index contributed by atoms with van der Waals surface area (Å²) in [6, 6.07) is 11.3. The zero-order valence-corrected chi connectivity index (χ0v) is 13.8. The highest BCUT2D eigenvalue weighted by Crippen LogP contribution is 2.33. The number of hydrogen-bond donors (Lipinski definition) is 0. The lowest BCUT2D eigenvalue weighted by Crippen LogP contribution is -2.24. The van der Waals surface area contributed by atoms with Gasteiger partial charge in [0.1, 0.15) is 5.75 Å². The Labute approximate surface area is 142 Å². The quantitative estimate of drug-likeness (QED) is 0.728.